The van der Waals surface area contributed by atoms with Gasteiger partial charge in [0.1, 0.15) is 17.5 Å². The number of amides is 3. The smallest absolute Gasteiger partial charge is 0.407 e. The number of rotatable bonds is 7. The van der Waals surface area contributed by atoms with Crippen molar-refractivity contribution >= 4 is 29.3 Å². The van der Waals surface area contributed by atoms with Gasteiger partial charge in [-0.25, -0.2) is 9.18 Å². The zero-order valence-electron chi connectivity index (χ0n) is 22.9. The molecular weight excluding hydrogens is 489 g/mol. The maximum atomic E-state index is 14.9. The third-order valence-corrected chi connectivity index (χ3v) is 7.66. The average molecular weight is 532 g/mol. The molecule has 9 nitrogen and oxygen atoms in total. The molecule has 2 heterocycles. The average Bonchev–Trinajstić information content (AvgIpc) is 2.85. The second kappa shape index (κ2) is 12.3. The molecule has 2 aliphatic heterocycles. The molecule has 1 aromatic carbocycles. The largest absolute Gasteiger partial charge is 0.444 e. The van der Waals surface area contributed by atoms with Gasteiger partial charge in [-0.1, -0.05) is 0 Å². The Balaban J connectivity index is 1.16. The van der Waals surface area contributed by atoms with Gasteiger partial charge in [-0.05, 0) is 90.0 Å². The number of alkyl carbamates (subject to hydrolysis) is 1. The van der Waals surface area contributed by atoms with E-state index >= 15 is 0 Å². The van der Waals surface area contributed by atoms with E-state index in [2.05, 4.69) is 25.8 Å². The predicted octanol–water partition coefficient (Wildman–Crippen LogP) is 3.64. The summed E-state index contributed by atoms with van der Waals surface area (Å²) in [6.45, 7) is 9.99. The van der Waals surface area contributed by atoms with Crippen LogP contribution in [0.1, 0.15) is 65.7 Å². The minimum absolute atomic E-state index is 0.199. The molecule has 0 spiro atoms. The maximum Gasteiger partial charge on any atom is 0.407 e. The molecule has 3 amide bonds. The number of piperidine rings is 1. The fourth-order valence-corrected chi connectivity index (χ4v) is 5.53. The first-order valence-corrected chi connectivity index (χ1v) is 13.9. The molecule has 2 saturated heterocycles. The lowest BCUT2D eigenvalue weighted by Gasteiger charge is -2.37. The Morgan fingerprint density at radius 3 is 2.42 bits per heavy atom. The van der Waals surface area contributed by atoms with E-state index < -0.39 is 11.6 Å². The number of nitrogens with one attached hydrogen (secondary N) is 3. The van der Waals surface area contributed by atoms with Crippen LogP contribution < -0.4 is 20.9 Å². The lowest BCUT2D eigenvalue weighted by molar-refractivity contribution is -0.133. The van der Waals surface area contributed by atoms with Crippen molar-refractivity contribution < 1.29 is 23.5 Å². The molecule has 1 atom stereocenters. The summed E-state index contributed by atoms with van der Waals surface area (Å²) in [7, 11) is 0. The van der Waals surface area contributed by atoms with Crippen molar-refractivity contribution in [3.05, 3.63) is 24.0 Å². The standard InChI is InChI=1S/C28H42FN5O4/c1-28(2,3)38-27(37)31-20-6-4-19(5-7-20)12-13-33-14-16-34(17-15-33)24-10-8-21(18-22(24)29)30-23-9-11-25(35)32-26(23)36/h8,10,18-20,23,30H,4-7,9,11-17H2,1-3H3,(H,31,37)(H,32,35,36). The first kappa shape index (κ1) is 28.1. The number of imide groups is 1. The summed E-state index contributed by atoms with van der Waals surface area (Å²) >= 11 is 0. The van der Waals surface area contributed by atoms with Crippen LogP contribution in [0.25, 0.3) is 0 Å². The molecule has 4 rings (SSSR count). The van der Waals surface area contributed by atoms with Crippen LogP contribution in [-0.4, -0.2) is 73.2 Å². The van der Waals surface area contributed by atoms with Gasteiger partial charge in [-0.3, -0.25) is 19.8 Å². The topological polar surface area (TPSA) is 103 Å². The molecule has 0 bridgehead atoms. The van der Waals surface area contributed by atoms with E-state index in [1.807, 2.05) is 20.8 Å². The van der Waals surface area contributed by atoms with Crippen molar-refractivity contribution in [3.63, 3.8) is 0 Å². The SMILES string of the molecule is CC(C)(C)OC(=O)NC1CCC(CCN2CCN(c3ccc(NC4CCC(=O)NC4=O)cc3F)CC2)CC1. The Morgan fingerprint density at radius 2 is 1.79 bits per heavy atom. The quantitative estimate of drug-likeness (QED) is 0.462. The Morgan fingerprint density at radius 1 is 1.08 bits per heavy atom. The molecule has 1 unspecified atom stereocenters. The van der Waals surface area contributed by atoms with Crippen molar-refractivity contribution in [3.8, 4) is 0 Å². The lowest BCUT2D eigenvalue weighted by Crippen LogP contribution is -2.47. The van der Waals surface area contributed by atoms with E-state index in [-0.39, 0.29) is 36.2 Å². The molecule has 0 radical (unpaired) electrons. The van der Waals surface area contributed by atoms with Gasteiger partial charge >= 0.3 is 6.09 Å². The fourth-order valence-electron chi connectivity index (χ4n) is 5.53. The van der Waals surface area contributed by atoms with Crippen molar-refractivity contribution in [2.24, 2.45) is 5.92 Å². The van der Waals surface area contributed by atoms with Gasteiger partial charge in [-0.2, -0.15) is 0 Å². The second-order valence-corrected chi connectivity index (χ2v) is 11.8. The fraction of sp³-hybridized carbons (Fsp3) is 0.679. The van der Waals surface area contributed by atoms with Crippen LogP contribution in [-0.2, 0) is 14.3 Å². The Labute approximate surface area is 224 Å². The number of carbonyl (C=O) groups is 3. The third kappa shape index (κ3) is 8.06. The Hall–Kier alpha value is -2.88. The van der Waals surface area contributed by atoms with Crippen molar-refractivity contribution in [2.45, 2.75) is 83.4 Å². The van der Waals surface area contributed by atoms with Crippen LogP contribution in [0.4, 0.5) is 20.6 Å². The maximum absolute atomic E-state index is 14.9. The van der Waals surface area contributed by atoms with Crippen molar-refractivity contribution in [1.82, 2.24) is 15.5 Å². The van der Waals surface area contributed by atoms with Gasteiger partial charge < -0.3 is 20.3 Å². The van der Waals surface area contributed by atoms with Crippen molar-refractivity contribution in [2.75, 3.05) is 42.9 Å². The lowest BCUT2D eigenvalue weighted by atomic mass is 9.84. The van der Waals surface area contributed by atoms with Gasteiger partial charge in [0.2, 0.25) is 11.8 Å². The first-order chi connectivity index (χ1) is 18.1. The van der Waals surface area contributed by atoms with Crippen LogP contribution in [0, 0.1) is 11.7 Å². The number of carbonyl (C=O) groups excluding carboxylic acids is 3. The number of halogens is 1. The van der Waals surface area contributed by atoms with E-state index in [0.29, 0.717) is 23.7 Å². The van der Waals surface area contributed by atoms with Gasteiger partial charge in [0.25, 0.3) is 0 Å². The van der Waals surface area contributed by atoms with Crippen LogP contribution in [0.5, 0.6) is 0 Å². The summed E-state index contributed by atoms with van der Waals surface area (Å²) in [5.74, 6) is -0.278. The molecule has 210 valence electrons. The first-order valence-electron chi connectivity index (χ1n) is 13.9. The number of piperazine rings is 1. The summed E-state index contributed by atoms with van der Waals surface area (Å²) < 4.78 is 20.3. The van der Waals surface area contributed by atoms with E-state index in [1.54, 1.807) is 12.1 Å². The summed E-state index contributed by atoms with van der Waals surface area (Å²) in [5, 5.41) is 8.36. The molecule has 38 heavy (non-hydrogen) atoms. The number of anilines is 2. The summed E-state index contributed by atoms with van der Waals surface area (Å²) in [6.07, 6.45) is 5.72. The number of hydrogen-bond donors (Lipinski definition) is 3. The highest BCUT2D eigenvalue weighted by Gasteiger charge is 2.28. The van der Waals surface area contributed by atoms with Crippen molar-refractivity contribution in [1.29, 1.82) is 0 Å². The second-order valence-electron chi connectivity index (χ2n) is 11.8. The normalized spacial score (nSPS) is 25.1. The zero-order chi connectivity index (χ0) is 27.3. The highest BCUT2D eigenvalue weighted by molar-refractivity contribution is 6.01. The van der Waals surface area contributed by atoms with Crippen LogP contribution in [0.2, 0.25) is 0 Å². The molecule has 1 saturated carbocycles. The summed E-state index contributed by atoms with van der Waals surface area (Å²) in [4.78, 5) is 39.8. The molecule has 1 aromatic rings. The van der Waals surface area contributed by atoms with Crippen LogP contribution in [0.15, 0.2) is 18.2 Å². The molecule has 0 aromatic heterocycles. The summed E-state index contributed by atoms with van der Waals surface area (Å²) in [6, 6.07) is 4.66. The van der Waals surface area contributed by atoms with Gasteiger partial charge in [0, 0.05) is 44.3 Å². The van der Waals surface area contributed by atoms with Gasteiger partial charge in [-0.15, -0.1) is 0 Å². The molecule has 3 fully saturated rings. The monoisotopic (exact) mass is 531 g/mol. The predicted molar refractivity (Wildman–Crippen MR) is 145 cm³/mol. The van der Waals surface area contributed by atoms with Crippen LogP contribution >= 0.6 is 0 Å². The number of hydrogen-bond acceptors (Lipinski definition) is 7. The molecule has 3 N–H and O–H groups in total. The summed E-state index contributed by atoms with van der Waals surface area (Å²) in [5.41, 5.74) is 0.639. The molecule has 3 aliphatic rings. The van der Waals surface area contributed by atoms with E-state index in [4.69, 9.17) is 4.74 Å². The molecular formula is C28H42FN5O4. The Bertz CT molecular complexity index is 997. The highest BCUT2D eigenvalue weighted by atomic mass is 19.1. The minimum Gasteiger partial charge on any atom is -0.444 e. The minimum atomic E-state index is -0.530. The zero-order valence-corrected chi connectivity index (χ0v) is 22.9. The van der Waals surface area contributed by atoms with E-state index in [1.165, 1.54) is 6.07 Å². The third-order valence-electron chi connectivity index (χ3n) is 7.66. The highest BCUT2D eigenvalue weighted by Crippen LogP contribution is 2.29. The number of benzene rings is 1. The van der Waals surface area contributed by atoms with Gasteiger partial charge in [0.05, 0.1) is 5.69 Å². The number of nitrogens with zero attached hydrogens (tertiary/aromatic N) is 2. The van der Waals surface area contributed by atoms with Crippen LogP contribution in [0.3, 0.4) is 0 Å². The number of ether oxygens (including phenoxy) is 1. The Kier molecular flexibility index (Phi) is 9.12. The van der Waals surface area contributed by atoms with E-state index in [0.717, 1.165) is 64.8 Å². The van der Waals surface area contributed by atoms with Gasteiger partial charge in [0.15, 0.2) is 0 Å². The molecule has 1 aliphatic carbocycles. The van der Waals surface area contributed by atoms with E-state index in [9.17, 15) is 18.8 Å². The molecule has 10 heteroatoms.